The number of aryl methyl sites for hydroxylation is 1. The van der Waals surface area contributed by atoms with Crippen molar-refractivity contribution in [2.24, 2.45) is 0 Å². The quantitative estimate of drug-likeness (QED) is 0.864. The number of rotatable bonds is 5. The van der Waals surface area contributed by atoms with E-state index in [1.165, 1.54) is 12.1 Å². The van der Waals surface area contributed by atoms with Crippen LogP contribution in [0.2, 0.25) is 0 Å². The first-order valence-corrected chi connectivity index (χ1v) is 7.29. The summed E-state index contributed by atoms with van der Waals surface area (Å²) in [5.41, 5.74) is 0.511. The second kappa shape index (κ2) is 5.52. The SMILES string of the molecule is Cc1ccc(F)c(NS(=O)(=O)c2cnn(CC(=O)O)c2)c1. The van der Waals surface area contributed by atoms with Crippen LogP contribution in [0.5, 0.6) is 0 Å². The number of hydrogen-bond acceptors (Lipinski definition) is 4. The summed E-state index contributed by atoms with van der Waals surface area (Å²) in [5.74, 6) is -1.86. The van der Waals surface area contributed by atoms with Crippen molar-refractivity contribution in [1.82, 2.24) is 9.78 Å². The molecule has 0 amide bonds. The first-order chi connectivity index (χ1) is 9.78. The van der Waals surface area contributed by atoms with Crippen LogP contribution >= 0.6 is 0 Å². The number of aliphatic carboxylic acids is 1. The van der Waals surface area contributed by atoms with Gasteiger partial charge < -0.3 is 5.11 Å². The highest BCUT2D eigenvalue weighted by Gasteiger charge is 2.19. The summed E-state index contributed by atoms with van der Waals surface area (Å²) in [4.78, 5) is 10.3. The van der Waals surface area contributed by atoms with Crippen molar-refractivity contribution < 1.29 is 22.7 Å². The summed E-state index contributed by atoms with van der Waals surface area (Å²) in [7, 11) is -4.03. The fraction of sp³-hybridized carbons (Fsp3) is 0.167. The zero-order chi connectivity index (χ0) is 15.6. The molecule has 0 saturated heterocycles. The number of benzene rings is 1. The molecule has 9 heteroatoms. The van der Waals surface area contributed by atoms with Gasteiger partial charge in [-0.05, 0) is 24.6 Å². The first kappa shape index (κ1) is 15.0. The highest BCUT2D eigenvalue weighted by atomic mass is 32.2. The maximum atomic E-state index is 13.6. The van der Waals surface area contributed by atoms with E-state index in [9.17, 15) is 17.6 Å². The van der Waals surface area contributed by atoms with Crippen LogP contribution in [0.15, 0.2) is 35.5 Å². The van der Waals surface area contributed by atoms with E-state index in [4.69, 9.17) is 5.11 Å². The van der Waals surface area contributed by atoms with Crippen LogP contribution in [-0.4, -0.2) is 29.3 Å². The number of hydrogen-bond donors (Lipinski definition) is 2. The number of carboxylic acid groups (broad SMARTS) is 1. The third-order valence-electron chi connectivity index (χ3n) is 2.58. The average Bonchev–Trinajstić information content (AvgIpc) is 2.82. The molecule has 0 aliphatic heterocycles. The Morgan fingerprint density at radius 1 is 1.48 bits per heavy atom. The van der Waals surface area contributed by atoms with Gasteiger partial charge in [0.05, 0.1) is 11.9 Å². The predicted molar refractivity (Wildman–Crippen MR) is 71.8 cm³/mol. The standard InChI is InChI=1S/C12H12FN3O4S/c1-8-2-3-10(13)11(4-8)15-21(19,20)9-5-14-16(6-9)7-12(17)18/h2-6,15H,7H2,1H3,(H,17,18). The largest absolute Gasteiger partial charge is 0.480 e. The van der Waals surface area contributed by atoms with Gasteiger partial charge in [-0.25, -0.2) is 12.8 Å². The second-order valence-corrected chi connectivity index (χ2v) is 6.04. The predicted octanol–water partition coefficient (Wildman–Crippen LogP) is 1.22. The Morgan fingerprint density at radius 3 is 2.86 bits per heavy atom. The number of sulfonamides is 1. The van der Waals surface area contributed by atoms with E-state index in [2.05, 4.69) is 9.82 Å². The lowest BCUT2D eigenvalue weighted by Gasteiger charge is -2.08. The molecule has 1 aromatic heterocycles. The zero-order valence-corrected chi connectivity index (χ0v) is 11.8. The van der Waals surface area contributed by atoms with Gasteiger partial charge in [-0.3, -0.25) is 14.2 Å². The topological polar surface area (TPSA) is 101 Å². The molecule has 1 heterocycles. The molecule has 0 bridgehead atoms. The number of anilines is 1. The molecular weight excluding hydrogens is 301 g/mol. The van der Waals surface area contributed by atoms with Crippen molar-refractivity contribution >= 4 is 21.7 Å². The first-order valence-electron chi connectivity index (χ1n) is 5.81. The Kier molecular flexibility index (Phi) is 3.94. The monoisotopic (exact) mass is 313 g/mol. The molecule has 0 radical (unpaired) electrons. The van der Waals surface area contributed by atoms with Gasteiger partial charge in [-0.1, -0.05) is 6.07 Å². The third-order valence-corrected chi connectivity index (χ3v) is 3.90. The minimum Gasteiger partial charge on any atom is -0.480 e. The molecule has 0 fully saturated rings. The minimum absolute atomic E-state index is 0.180. The van der Waals surface area contributed by atoms with Crippen molar-refractivity contribution in [2.75, 3.05) is 4.72 Å². The van der Waals surface area contributed by atoms with Crippen molar-refractivity contribution in [3.05, 3.63) is 42.0 Å². The van der Waals surface area contributed by atoms with Crippen molar-refractivity contribution in [2.45, 2.75) is 18.4 Å². The van der Waals surface area contributed by atoms with E-state index in [1.54, 1.807) is 6.92 Å². The van der Waals surface area contributed by atoms with Crippen LogP contribution in [0.1, 0.15) is 5.56 Å². The van der Waals surface area contributed by atoms with Gasteiger partial charge in [-0.2, -0.15) is 5.10 Å². The number of halogens is 1. The van der Waals surface area contributed by atoms with Gasteiger partial charge >= 0.3 is 5.97 Å². The second-order valence-electron chi connectivity index (χ2n) is 4.36. The Morgan fingerprint density at radius 2 is 2.19 bits per heavy atom. The van der Waals surface area contributed by atoms with Gasteiger partial charge in [0, 0.05) is 6.20 Å². The van der Waals surface area contributed by atoms with Crippen LogP contribution in [-0.2, 0) is 21.4 Å². The van der Waals surface area contributed by atoms with Gasteiger partial charge in [0.1, 0.15) is 17.3 Å². The van der Waals surface area contributed by atoms with E-state index in [0.717, 1.165) is 23.1 Å². The smallest absolute Gasteiger partial charge is 0.325 e. The molecule has 2 aromatic rings. The zero-order valence-electron chi connectivity index (χ0n) is 10.9. The van der Waals surface area contributed by atoms with Crippen LogP contribution in [0, 0.1) is 12.7 Å². The number of nitrogens with one attached hydrogen (secondary N) is 1. The Balaban J connectivity index is 2.28. The fourth-order valence-corrected chi connectivity index (χ4v) is 2.64. The molecule has 2 rings (SSSR count). The number of nitrogens with zero attached hydrogens (tertiary/aromatic N) is 2. The molecule has 0 aliphatic rings. The molecule has 0 atom stereocenters. The van der Waals surface area contributed by atoms with Crippen molar-refractivity contribution in [1.29, 1.82) is 0 Å². The molecular formula is C12H12FN3O4S. The Labute approximate surface area is 120 Å². The lowest BCUT2D eigenvalue weighted by Crippen LogP contribution is -2.14. The van der Waals surface area contributed by atoms with E-state index < -0.39 is 28.4 Å². The highest BCUT2D eigenvalue weighted by molar-refractivity contribution is 7.92. The minimum atomic E-state index is -4.03. The molecule has 21 heavy (non-hydrogen) atoms. The van der Waals surface area contributed by atoms with Gasteiger partial charge in [-0.15, -0.1) is 0 Å². The van der Waals surface area contributed by atoms with Gasteiger partial charge in [0.25, 0.3) is 10.0 Å². The van der Waals surface area contributed by atoms with Crippen LogP contribution < -0.4 is 4.72 Å². The van der Waals surface area contributed by atoms with Crippen LogP contribution in [0.4, 0.5) is 10.1 Å². The van der Waals surface area contributed by atoms with Crippen LogP contribution in [0.3, 0.4) is 0 Å². The number of carboxylic acids is 1. The molecule has 0 unspecified atom stereocenters. The average molecular weight is 313 g/mol. The summed E-state index contributed by atoms with van der Waals surface area (Å²) in [6, 6.07) is 4.02. The molecule has 112 valence electrons. The number of aromatic nitrogens is 2. The maximum absolute atomic E-state index is 13.6. The van der Waals surface area contributed by atoms with Gasteiger partial charge in [0.2, 0.25) is 0 Å². The molecule has 1 aromatic carbocycles. The molecule has 0 spiro atoms. The van der Waals surface area contributed by atoms with Crippen molar-refractivity contribution in [3.8, 4) is 0 Å². The lowest BCUT2D eigenvalue weighted by molar-refractivity contribution is -0.137. The third kappa shape index (κ3) is 3.57. The molecule has 7 nitrogen and oxygen atoms in total. The fourth-order valence-electron chi connectivity index (χ4n) is 1.63. The van der Waals surface area contributed by atoms with Crippen LogP contribution in [0.25, 0.3) is 0 Å². The number of carbonyl (C=O) groups is 1. The maximum Gasteiger partial charge on any atom is 0.325 e. The molecule has 2 N–H and O–H groups in total. The van der Waals surface area contributed by atoms with E-state index in [1.807, 2.05) is 0 Å². The summed E-state index contributed by atoms with van der Waals surface area (Å²) in [5, 5.41) is 12.2. The summed E-state index contributed by atoms with van der Waals surface area (Å²) in [6.07, 6.45) is 2.06. The summed E-state index contributed by atoms with van der Waals surface area (Å²) in [6.45, 7) is 1.23. The summed E-state index contributed by atoms with van der Waals surface area (Å²) < 4.78 is 40.8. The van der Waals surface area contributed by atoms with Gasteiger partial charge in [0.15, 0.2) is 0 Å². The normalized spacial score (nSPS) is 11.3. The Bertz CT molecular complexity index is 786. The van der Waals surface area contributed by atoms with Crippen molar-refractivity contribution in [3.63, 3.8) is 0 Å². The van der Waals surface area contributed by atoms with E-state index in [0.29, 0.717) is 5.56 Å². The van der Waals surface area contributed by atoms with E-state index >= 15 is 0 Å². The highest BCUT2D eigenvalue weighted by Crippen LogP contribution is 2.20. The lowest BCUT2D eigenvalue weighted by atomic mass is 10.2. The van der Waals surface area contributed by atoms with E-state index in [-0.39, 0.29) is 10.6 Å². The Hall–Kier alpha value is -2.42. The molecule has 0 saturated carbocycles. The molecule has 0 aliphatic carbocycles. The summed E-state index contributed by atoms with van der Waals surface area (Å²) >= 11 is 0.